The van der Waals surface area contributed by atoms with Crippen molar-refractivity contribution in [2.24, 2.45) is 11.3 Å². The maximum absolute atomic E-state index is 5.68. The Morgan fingerprint density at radius 2 is 1.67 bits per heavy atom. The van der Waals surface area contributed by atoms with Crippen LogP contribution in [0.15, 0.2) is 0 Å². The quantitative estimate of drug-likeness (QED) is 0.631. The molecule has 0 bridgehead atoms. The van der Waals surface area contributed by atoms with Crippen molar-refractivity contribution in [3.05, 3.63) is 0 Å². The molecule has 0 heterocycles. The van der Waals surface area contributed by atoms with Crippen LogP contribution in [0, 0.1) is 11.3 Å². The maximum atomic E-state index is 5.68. The van der Waals surface area contributed by atoms with Gasteiger partial charge in [0.05, 0.1) is 6.10 Å². The Hall–Kier alpha value is -0.0400. The predicted molar refractivity (Wildman–Crippen MR) is 54.3 cm³/mol. The summed E-state index contributed by atoms with van der Waals surface area (Å²) in [5.41, 5.74) is 0.354. The van der Waals surface area contributed by atoms with Crippen LogP contribution >= 0.6 is 0 Å². The molecule has 1 heteroatoms. The third kappa shape index (κ3) is 4.10. The summed E-state index contributed by atoms with van der Waals surface area (Å²) in [6, 6.07) is 0. The normalized spacial score (nSPS) is 17.5. The van der Waals surface area contributed by atoms with Gasteiger partial charge in [0, 0.05) is 6.61 Å². The zero-order chi connectivity index (χ0) is 9.78. The molecule has 0 rings (SSSR count). The lowest BCUT2D eigenvalue weighted by molar-refractivity contribution is -0.00503. The van der Waals surface area contributed by atoms with Crippen molar-refractivity contribution < 1.29 is 4.74 Å². The van der Waals surface area contributed by atoms with E-state index in [2.05, 4.69) is 41.5 Å². The molecular weight excluding hydrogens is 148 g/mol. The van der Waals surface area contributed by atoms with E-state index in [-0.39, 0.29) is 0 Å². The summed E-state index contributed by atoms with van der Waals surface area (Å²) in [4.78, 5) is 0. The van der Waals surface area contributed by atoms with Gasteiger partial charge in [0.15, 0.2) is 0 Å². The van der Waals surface area contributed by atoms with Gasteiger partial charge in [0.25, 0.3) is 0 Å². The first-order chi connectivity index (χ1) is 5.39. The standard InChI is InChI=1S/C11H24O/c1-7-8-12-10(3)9(2)11(4,5)6/h9-10H,7-8H2,1-6H3. The molecule has 1 nitrogen and oxygen atoms in total. The van der Waals surface area contributed by atoms with E-state index < -0.39 is 0 Å². The van der Waals surface area contributed by atoms with E-state index in [1.54, 1.807) is 0 Å². The van der Waals surface area contributed by atoms with Crippen LogP contribution in [-0.2, 0) is 4.74 Å². The van der Waals surface area contributed by atoms with Crippen LogP contribution in [0.5, 0.6) is 0 Å². The molecule has 0 aromatic heterocycles. The minimum Gasteiger partial charge on any atom is -0.378 e. The lowest BCUT2D eigenvalue weighted by atomic mass is 9.79. The number of ether oxygens (including phenoxy) is 1. The van der Waals surface area contributed by atoms with Crippen molar-refractivity contribution in [3.8, 4) is 0 Å². The second-order valence-corrected chi connectivity index (χ2v) is 4.73. The molecule has 0 spiro atoms. The van der Waals surface area contributed by atoms with Gasteiger partial charge < -0.3 is 4.74 Å². The third-order valence-electron chi connectivity index (χ3n) is 2.66. The Labute approximate surface area is 77.5 Å². The minimum absolute atomic E-state index is 0.354. The van der Waals surface area contributed by atoms with Crippen LogP contribution < -0.4 is 0 Å². The molecular formula is C11H24O. The van der Waals surface area contributed by atoms with Crippen molar-refractivity contribution in [3.63, 3.8) is 0 Å². The Balaban J connectivity index is 3.84. The highest BCUT2D eigenvalue weighted by Crippen LogP contribution is 2.29. The highest BCUT2D eigenvalue weighted by Gasteiger charge is 2.25. The third-order valence-corrected chi connectivity index (χ3v) is 2.66. The fraction of sp³-hybridized carbons (Fsp3) is 1.00. The molecule has 0 radical (unpaired) electrons. The Morgan fingerprint density at radius 3 is 2.00 bits per heavy atom. The summed E-state index contributed by atoms with van der Waals surface area (Å²) >= 11 is 0. The molecule has 0 aliphatic heterocycles. The van der Waals surface area contributed by atoms with Crippen molar-refractivity contribution in [1.29, 1.82) is 0 Å². The second-order valence-electron chi connectivity index (χ2n) is 4.73. The molecule has 0 amide bonds. The van der Waals surface area contributed by atoms with E-state index in [9.17, 15) is 0 Å². The zero-order valence-electron chi connectivity index (χ0n) is 9.48. The van der Waals surface area contributed by atoms with E-state index in [4.69, 9.17) is 4.74 Å². The first kappa shape index (κ1) is 12.0. The van der Waals surface area contributed by atoms with Crippen molar-refractivity contribution in [2.75, 3.05) is 6.61 Å². The van der Waals surface area contributed by atoms with Gasteiger partial charge in [-0.25, -0.2) is 0 Å². The molecule has 0 aliphatic carbocycles. The van der Waals surface area contributed by atoms with Crippen LogP contribution in [0.25, 0.3) is 0 Å². The van der Waals surface area contributed by atoms with Gasteiger partial charge in [0.1, 0.15) is 0 Å². The molecule has 0 aliphatic rings. The van der Waals surface area contributed by atoms with E-state index >= 15 is 0 Å². The Morgan fingerprint density at radius 1 is 1.17 bits per heavy atom. The fourth-order valence-corrected chi connectivity index (χ4v) is 1.15. The average molecular weight is 172 g/mol. The monoisotopic (exact) mass is 172 g/mol. The summed E-state index contributed by atoms with van der Waals surface area (Å²) < 4.78 is 5.68. The molecule has 0 saturated heterocycles. The van der Waals surface area contributed by atoms with Crippen LogP contribution in [-0.4, -0.2) is 12.7 Å². The fourth-order valence-electron chi connectivity index (χ4n) is 1.15. The summed E-state index contributed by atoms with van der Waals surface area (Å²) in [7, 11) is 0. The summed E-state index contributed by atoms with van der Waals surface area (Å²) in [6.45, 7) is 14.3. The predicted octanol–water partition coefficient (Wildman–Crippen LogP) is 3.48. The highest BCUT2D eigenvalue weighted by molar-refractivity contribution is 4.74. The van der Waals surface area contributed by atoms with Gasteiger partial charge >= 0.3 is 0 Å². The molecule has 74 valence electrons. The van der Waals surface area contributed by atoms with Crippen molar-refractivity contribution in [2.45, 2.75) is 54.1 Å². The van der Waals surface area contributed by atoms with Gasteiger partial charge in [-0.1, -0.05) is 34.6 Å². The number of hydrogen-bond donors (Lipinski definition) is 0. The summed E-state index contributed by atoms with van der Waals surface area (Å²) in [5, 5.41) is 0. The van der Waals surface area contributed by atoms with Gasteiger partial charge in [-0.05, 0) is 24.7 Å². The van der Waals surface area contributed by atoms with Gasteiger partial charge in [-0.3, -0.25) is 0 Å². The molecule has 12 heavy (non-hydrogen) atoms. The molecule has 0 fully saturated rings. The summed E-state index contributed by atoms with van der Waals surface area (Å²) in [5.74, 6) is 0.615. The van der Waals surface area contributed by atoms with Gasteiger partial charge in [-0.15, -0.1) is 0 Å². The van der Waals surface area contributed by atoms with E-state index in [0.717, 1.165) is 13.0 Å². The van der Waals surface area contributed by atoms with Crippen LogP contribution in [0.2, 0.25) is 0 Å². The smallest absolute Gasteiger partial charge is 0.0577 e. The van der Waals surface area contributed by atoms with Crippen molar-refractivity contribution >= 4 is 0 Å². The number of rotatable bonds is 4. The average Bonchev–Trinajstić information content (AvgIpc) is 1.97. The molecule has 2 atom stereocenters. The second kappa shape index (κ2) is 4.86. The van der Waals surface area contributed by atoms with Gasteiger partial charge in [0.2, 0.25) is 0 Å². The van der Waals surface area contributed by atoms with Crippen LogP contribution in [0.1, 0.15) is 48.0 Å². The molecule has 0 aromatic rings. The van der Waals surface area contributed by atoms with E-state index in [1.165, 1.54) is 0 Å². The van der Waals surface area contributed by atoms with Gasteiger partial charge in [-0.2, -0.15) is 0 Å². The first-order valence-corrected chi connectivity index (χ1v) is 5.01. The molecule has 0 aromatic carbocycles. The van der Waals surface area contributed by atoms with E-state index in [0.29, 0.717) is 17.4 Å². The maximum Gasteiger partial charge on any atom is 0.0577 e. The van der Waals surface area contributed by atoms with Crippen molar-refractivity contribution in [1.82, 2.24) is 0 Å². The zero-order valence-corrected chi connectivity index (χ0v) is 9.48. The molecule has 2 unspecified atom stereocenters. The SMILES string of the molecule is CCCOC(C)C(C)C(C)(C)C. The van der Waals surface area contributed by atoms with Crippen LogP contribution in [0.3, 0.4) is 0 Å². The minimum atomic E-state index is 0.354. The molecule has 0 N–H and O–H groups in total. The largest absolute Gasteiger partial charge is 0.378 e. The first-order valence-electron chi connectivity index (χ1n) is 5.01. The Kier molecular flexibility index (Phi) is 4.84. The lowest BCUT2D eigenvalue weighted by Crippen LogP contribution is -2.29. The topological polar surface area (TPSA) is 9.23 Å². The number of hydrogen-bond acceptors (Lipinski definition) is 1. The lowest BCUT2D eigenvalue weighted by Gasteiger charge is -2.32. The molecule has 0 saturated carbocycles. The Bertz CT molecular complexity index is 113. The highest BCUT2D eigenvalue weighted by atomic mass is 16.5. The summed E-state index contributed by atoms with van der Waals surface area (Å²) in [6.07, 6.45) is 1.49. The van der Waals surface area contributed by atoms with Crippen LogP contribution in [0.4, 0.5) is 0 Å². The van der Waals surface area contributed by atoms with E-state index in [1.807, 2.05) is 0 Å².